The van der Waals surface area contributed by atoms with E-state index in [9.17, 15) is 5.26 Å². The summed E-state index contributed by atoms with van der Waals surface area (Å²) in [6.45, 7) is 5.09. The third-order valence-electron chi connectivity index (χ3n) is 7.35. The molecule has 212 valence electrons. The molecule has 8 nitrogen and oxygen atoms in total. The van der Waals surface area contributed by atoms with Gasteiger partial charge in [-0.25, -0.2) is 4.98 Å². The van der Waals surface area contributed by atoms with E-state index < -0.39 is 0 Å². The van der Waals surface area contributed by atoms with Crippen molar-refractivity contribution in [3.63, 3.8) is 0 Å². The fraction of sp³-hybridized carbons (Fsp3) is 0.226. The number of nitrogens with zero attached hydrogens (tertiary/aromatic N) is 7. The Morgan fingerprint density at radius 1 is 1.05 bits per heavy atom. The number of nitrogens with one attached hydrogen (secondary N) is 1. The molecule has 0 saturated carbocycles. The van der Waals surface area contributed by atoms with E-state index in [4.69, 9.17) is 16.6 Å². The van der Waals surface area contributed by atoms with Crippen LogP contribution in [0.3, 0.4) is 0 Å². The van der Waals surface area contributed by atoms with Crippen LogP contribution in [-0.4, -0.2) is 62.5 Å². The molecule has 0 spiro atoms. The minimum absolute atomic E-state index is 0.461. The second-order valence-electron chi connectivity index (χ2n) is 10.2. The maximum absolute atomic E-state index is 9.90. The molecule has 0 amide bonds. The third-order valence-corrected chi connectivity index (χ3v) is 9.61. The zero-order valence-electron chi connectivity index (χ0n) is 23.0. The molecule has 5 aromatic rings. The molecule has 0 radical (unpaired) electrons. The normalized spacial score (nSPS) is 14.2. The number of imidazole rings is 1. The molecule has 1 fully saturated rings. The molecule has 1 aliphatic rings. The van der Waals surface area contributed by atoms with Gasteiger partial charge in [0.15, 0.2) is 5.16 Å². The van der Waals surface area contributed by atoms with E-state index in [0.29, 0.717) is 16.3 Å². The molecule has 0 unspecified atom stereocenters. The van der Waals surface area contributed by atoms with E-state index in [-0.39, 0.29) is 0 Å². The number of hydrogen-bond donors (Lipinski definition) is 1. The van der Waals surface area contributed by atoms with Gasteiger partial charge >= 0.3 is 0 Å². The molecule has 1 aliphatic heterocycles. The summed E-state index contributed by atoms with van der Waals surface area (Å²) in [4.78, 5) is 19.6. The number of fused-ring (bicyclic) bond motifs is 1. The summed E-state index contributed by atoms with van der Waals surface area (Å²) >= 11 is 10.5. The quantitative estimate of drug-likeness (QED) is 0.136. The van der Waals surface area contributed by atoms with Crippen LogP contribution in [0.15, 0.2) is 83.4 Å². The Kier molecular flexibility index (Phi) is 8.92. The van der Waals surface area contributed by atoms with Crippen LogP contribution in [0.25, 0.3) is 22.2 Å². The number of anilines is 2. The number of piperazine rings is 1. The summed E-state index contributed by atoms with van der Waals surface area (Å²) in [5.41, 5.74) is 5.89. The van der Waals surface area contributed by atoms with Crippen LogP contribution < -0.4 is 5.32 Å². The predicted molar refractivity (Wildman–Crippen MR) is 178 cm³/mol. The summed E-state index contributed by atoms with van der Waals surface area (Å²) in [5.74, 6) is 0. The summed E-state index contributed by atoms with van der Waals surface area (Å²) in [5, 5.41) is 15.7. The SMILES string of the molecule is CN1CCN(Cc2cccnc2-c2ccc3c(Nc4ccc(Sc5nccn5CI)c(Cl)c4)c(C#N)cnc3c2)CC1. The fourth-order valence-electron chi connectivity index (χ4n) is 5.03. The molecule has 6 rings (SSSR count). The highest BCUT2D eigenvalue weighted by Crippen LogP contribution is 2.37. The average Bonchev–Trinajstić information content (AvgIpc) is 3.47. The summed E-state index contributed by atoms with van der Waals surface area (Å²) in [6.07, 6.45) is 7.20. The van der Waals surface area contributed by atoms with Crippen molar-refractivity contribution >= 4 is 68.2 Å². The zero-order valence-corrected chi connectivity index (χ0v) is 26.7. The topological polar surface area (TPSA) is 85.9 Å². The van der Waals surface area contributed by atoms with Crippen LogP contribution in [0.4, 0.5) is 11.4 Å². The van der Waals surface area contributed by atoms with Crippen molar-refractivity contribution in [3.8, 4) is 17.3 Å². The lowest BCUT2D eigenvalue weighted by Crippen LogP contribution is -2.43. The fourth-order valence-corrected chi connectivity index (χ4v) is 6.95. The predicted octanol–water partition coefficient (Wildman–Crippen LogP) is 7.05. The molecule has 3 aromatic heterocycles. The van der Waals surface area contributed by atoms with E-state index in [0.717, 1.165) is 75.2 Å². The Morgan fingerprint density at radius 3 is 2.69 bits per heavy atom. The van der Waals surface area contributed by atoms with Crippen molar-refractivity contribution in [3.05, 3.63) is 89.5 Å². The van der Waals surface area contributed by atoms with Crippen molar-refractivity contribution in [2.45, 2.75) is 21.1 Å². The van der Waals surface area contributed by atoms with Crippen LogP contribution in [0.1, 0.15) is 11.1 Å². The highest BCUT2D eigenvalue weighted by atomic mass is 127. The van der Waals surface area contributed by atoms with E-state index in [1.54, 1.807) is 12.4 Å². The highest BCUT2D eigenvalue weighted by molar-refractivity contribution is 14.1. The maximum Gasteiger partial charge on any atom is 0.173 e. The largest absolute Gasteiger partial charge is 0.354 e. The van der Waals surface area contributed by atoms with Gasteiger partial charge in [-0.2, -0.15) is 5.26 Å². The van der Waals surface area contributed by atoms with Gasteiger partial charge in [-0.1, -0.05) is 58.1 Å². The molecule has 2 aromatic carbocycles. The molecule has 4 heterocycles. The van der Waals surface area contributed by atoms with Crippen LogP contribution in [0.2, 0.25) is 5.02 Å². The lowest BCUT2D eigenvalue weighted by atomic mass is 10.0. The number of benzene rings is 2. The average molecular weight is 707 g/mol. The second kappa shape index (κ2) is 13.0. The Hall–Kier alpha value is -3.21. The first-order valence-electron chi connectivity index (χ1n) is 13.5. The molecule has 0 bridgehead atoms. The van der Waals surface area contributed by atoms with Crippen molar-refractivity contribution < 1.29 is 0 Å². The van der Waals surface area contributed by atoms with Crippen molar-refractivity contribution in [2.75, 3.05) is 38.5 Å². The van der Waals surface area contributed by atoms with E-state index in [1.165, 1.54) is 17.3 Å². The lowest BCUT2D eigenvalue weighted by molar-refractivity contribution is 0.148. The van der Waals surface area contributed by atoms with Crippen molar-refractivity contribution in [2.24, 2.45) is 0 Å². The van der Waals surface area contributed by atoms with Gasteiger partial charge in [-0.15, -0.1) is 0 Å². The van der Waals surface area contributed by atoms with Gasteiger partial charge in [0, 0.05) is 79.0 Å². The zero-order chi connectivity index (χ0) is 29.1. The van der Waals surface area contributed by atoms with Gasteiger partial charge in [-0.3, -0.25) is 14.9 Å². The van der Waals surface area contributed by atoms with Crippen LogP contribution in [0, 0.1) is 11.3 Å². The van der Waals surface area contributed by atoms with Gasteiger partial charge in [0.2, 0.25) is 0 Å². The molecule has 1 N–H and O–H groups in total. The molecule has 42 heavy (non-hydrogen) atoms. The standard InChI is InChI=1S/C31H28ClIN8S/c1-39-11-13-40(14-12-39)19-22-3-2-8-35-29(22)21-4-6-25-27(15-21)37-18-23(17-34)30(25)38-24-5-7-28(26(32)16-24)42-31-36-9-10-41(31)20-33/h2-10,15-16,18H,11-14,19-20H2,1H3,(H,37,38). The monoisotopic (exact) mass is 706 g/mol. The first-order chi connectivity index (χ1) is 20.5. The van der Waals surface area contributed by atoms with Gasteiger partial charge < -0.3 is 14.8 Å². The molecular weight excluding hydrogens is 679 g/mol. The number of aromatic nitrogens is 4. The van der Waals surface area contributed by atoms with Gasteiger partial charge in [0.05, 0.1) is 32.0 Å². The Bertz CT molecular complexity index is 1780. The van der Waals surface area contributed by atoms with E-state index in [1.807, 2.05) is 42.7 Å². The van der Waals surface area contributed by atoms with E-state index in [2.05, 4.69) is 83.6 Å². The number of alkyl halides is 1. The lowest BCUT2D eigenvalue weighted by Gasteiger charge is -2.32. The van der Waals surface area contributed by atoms with Gasteiger partial charge in [0.1, 0.15) is 6.07 Å². The van der Waals surface area contributed by atoms with Crippen molar-refractivity contribution in [1.82, 2.24) is 29.3 Å². The van der Waals surface area contributed by atoms with Crippen LogP contribution >= 0.6 is 46.0 Å². The summed E-state index contributed by atoms with van der Waals surface area (Å²) in [6, 6.07) is 18.4. The molecular formula is C31H28ClIN8S. The molecule has 0 aliphatic carbocycles. The first-order valence-corrected chi connectivity index (χ1v) is 16.2. The van der Waals surface area contributed by atoms with Crippen LogP contribution in [-0.2, 0) is 11.1 Å². The van der Waals surface area contributed by atoms with Crippen molar-refractivity contribution in [1.29, 1.82) is 5.26 Å². The number of likely N-dealkylation sites (N-methyl/N-ethyl adjacent to an activating group) is 1. The Balaban J connectivity index is 1.28. The molecule has 11 heteroatoms. The summed E-state index contributed by atoms with van der Waals surface area (Å²) in [7, 11) is 2.17. The number of hydrogen-bond acceptors (Lipinski definition) is 8. The minimum atomic E-state index is 0.461. The van der Waals surface area contributed by atoms with Gasteiger partial charge in [-0.05, 0) is 49.0 Å². The number of pyridine rings is 2. The van der Waals surface area contributed by atoms with Gasteiger partial charge in [0.25, 0.3) is 0 Å². The first kappa shape index (κ1) is 28.9. The highest BCUT2D eigenvalue weighted by Gasteiger charge is 2.18. The Labute approximate surface area is 267 Å². The molecule has 0 atom stereocenters. The Morgan fingerprint density at radius 2 is 1.90 bits per heavy atom. The molecule has 1 saturated heterocycles. The third kappa shape index (κ3) is 6.26. The van der Waals surface area contributed by atoms with E-state index >= 15 is 0 Å². The van der Waals surface area contributed by atoms with Crippen LogP contribution in [0.5, 0.6) is 0 Å². The smallest absolute Gasteiger partial charge is 0.173 e. The number of halogens is 2. The second-order valence-corrected chi connectivity index (χ2v) is 12.3. The maximum atomic E-state index is 9.90. The number of nitriles is 1. The summed E-state index contributed by atoms with van der Waals surface area (Å²) < 4.78 is 2.87. The minimum Gasteiger partial charge on any atom is -0.354 e. The number of rotatable bonds is 8.